The minimum atomic E-state index is -3.69. The molecule has 2 aromatic heterocycles. The van der Waals surface area contributed by atoms with E-state index in [0.717, 1.165) is 41.1 Å². The average Bonchev–Trinajstić information content (AvgIpc) is 3.21. The van der Waals surface area contributed by atoms with Gasteiger partial charge < -0.3 is 15.7 Å². The van der Waals surface area contributed by atoms with Crippen LogP contribution in [0.4, 0.5) is 0 Å². The van der Waals surface area contributed by atoms with Gasteiger partial charge in [0.15, 0.2) is 0 Å². The van der Waals surface area contributed by atoms with E-state index in [9.17, 15) is 18.0 Å². The quantitative estimate of drug-likeness (QED) is 0.452. The van der Waals surface area contributed by atoms with E-state index in [0.29, 0.717) is 4.88 Å². The first-order chi connectivity index (χ1) is 13.7. The molecule has 0 aromatic carbocycles. The van der Waals surface area contributed by atoms with Gasteiger partial charge in [-0.15, -0.1) is 22.7 Å². The van der Waals surface area contributed by atoms with Gasteiger partial charge in [0.1, 0.15) is 6.04 Å². The number of carboxylic acid groups (broad SMARTS) is 1. The first kappa shape index (κ1) is 22.2. The summed E-state index contributed by atoms with van der Waals surface area (Å²) in [6.45, 7) is 1.88. The molecule has 0 radical (unpaired) electrons. The van der Waals surface area contributed by atoms with Crippen molar-refractivity contribution in [3.63, 3.8) is 0 Å². The molecule has 0 unspecified atom stereocenters. The molecule has 0 bridgehead atoms. The molecule has 160 valence electrons. The van der Waals surface area contributed by atoms with Crippen LogP contribution in [0.2, 0.25) is 0 Å². The average molecular weight is 460 g/mol. The van der Waals surface area contributed by atoms with Crippen LogP contribution in [0, 0.1) is 5.92 Å². The Balaban J connectivity index is 1.56. The Morgan fingerprint density at radius 3 is 2.62 bits per heavy atom. The number of nitrogens with one attached hydrogen (secondary N) is 3. The standard InChI is InChI=1S/C18H25N3O5S3/c1-29(25,26)21-14(17(23)24)10-20-16(22)15-9-12-8-13(27-18(12)28-15)3-2-11-4-6-19-7-5-11/h8-9,11,14,19,21H,2-7,10H2,1H3,(H,20,22)(H,23,24)/t14-/m0/s1. The van der Waals surface area contributed by atoms with E-state index in [1.807, 2.05) is 4.72 Å². The molecule has 4 N–H and O–H groups in total. The molecule has 1 saturated heterocycles. The number of aliphatic carboxylic acids is 1. The number of amides is 1. The van der Waals surface area contributed by atoms with Gasteiger partial charge in [-0.3, -0.25) is 9.59 Å². The molecule has 1 amide bonds. The van der Waals surface area contributed by atoms with Gasteiger partial charge >= 0.3 is 5.97 Å². The molecule has 3 rings (SSSR count). The number of piperidine rings is 1. The molecule has 1 aliphatic rings. The Bertz CT molecular complexity index is 945. The molecule has 8 nitrogen and oxygen atoms in total. The van der Waals surface area contributed by atoms with Gasteiger partial charge in [0.25, 0.3) is 5.91 Å². The van der Waals surface area contributed by atoms with E-state index in [-0.39, 0.29) is 6.54 Å². The molecule has 0 saturated carbocycles. The zero-order chi connectivity index (χ0) is 21.0. The Morgan fingerprint density at radius 2 is 2.00 bits per heavy atom. The van der Waals surface area contributed by atoms with Crippen molar-refractivity contribution in [1.29, 1.82) is 0 Å². The summed E-state index contributed by atoms with van der Waals surface area (Å²) < 4.78 is 25.5. The molecule has 1 fully saturated rings. The Hall–Kier alpha value is -1.53. The van der Waals surface area contributed by atoms with Gasteiger partial charge in [-0.2, -0.15) is 4.72 Å². The zero-order valence-electron chi connectivity index (χ0n) is 16.1. The first-order valence-corrected chi connectivity index (χ1v) is 12.9. The van der Waals surface area contributed by atoms with Crippen molar-refractivity contribution in [1.82, 2.24) is 15.4 Å². The lowest BCUT2D eigenvalue weighted by Gasteiger charge is -2.22. The van der Waals surface area contributed by atoms with Crippen molar-refractivity contribution in [3.8, 4) is 0 Å². The number of hydrogen-bond donors (Lipinski definition) is 4. The number of carboxylic acids is 1. The maximum absolute atomic E-state index is 12.3. The molecule has 1 aliphatic heterocycles. The van der Waals surface area contributed by atoms with Crippen molar-refractivity contribution in [2.75, 3.05) is 25.9 Å². The van der Waals surface area contributed by atoms with Crippen LogP contribution in [0.1, 0.15) is 33.8 Å². The molecule has 29 heavy (non-hydrogen) atoms. The lowest BCUT2D eigenvalue weighted by molar-refractivity contribution is -0.138. The van der Waals surface area contributed by atoms with E-state index in [1.165, 1.54) is 35.5 Å². The lowest BCUT2D eigenvalue weighted by Crippen LogP contribution is -2.47. The number of aryl methyl sites for hydroxylation is 1. The number of hydrogen-bond acceptors (Lipinski definition) is 7. The van der Waals surface area contributed by atoms with Crippen molar-refractivity contribution in [2.45, 2.75) is 31.7 Å². The van der Waals surface area contributed by atoms with Crippen molar-refractivity contribution < 1.29 is 23.1 Å². The number of sulfonamides is 1. The fourth-order valence-electron chi connectivity index (χ4n) is 3.36. The number of thiophene rings is 2. The third-order valence-corrected chi connectivity index (χ3v) is 8.03. The molecule has 3 heterocycles. The van der Waals surface area contributed by atoms with Crippen molar-refractivity contribution >= 4 is 54.0 Å². The highest BCUT2D eigenvalue weighted by molar-refractivity contribution is 7.88. The Labute approximate surface area is 177 Å². The predicted octanol–water partition coefficient (Wildman–Crippen LogP) is 1.63. The Kier molecular flexibility index (Phi) is 7.28. The summed E-state index contributed by atoms with van der Waals surface area (Å²) in [5.41, 5.74) is 0. The van der Waals surface area contributed by atoms with Gasteiger partial charge in [-0.1, -0.05) is 0 Å². The number of fused-ring (bicyclic) bond motifs is 1. The molecular weight excluding hydrogens is 434 g/mol. The van der Waals surface area contributed by atoms with Crippen molar-refractivity contribution in [2.24, 2.45) is 5.92 Å². The van der Waals surface area contributed by atoms with E-state index in [1.54, 1.807) is 17.4 Å². The van der Waals surface area contributed by atoms with Crippen LogP contribution in [-0.2, 0) is 21.2 Å². The maximum atomic E-state index is 12.3. The topological polar surface area (TPSA) is 125 Å². The molecular formula is C18H25N3O5S3. The van der Waals surface area contributed by atoms with E-state index in [2.05, 4.69) is 16.7 Å². The van der Waals surface area contributed by atoms with Crippen LogP contribution in [0.15, 0.2) is 12.1 Å². The summed E-state index contributed by atoms with van der Waals surface area (Å²) in [6, 6.07) is 2.52. The van der Waals surface area contributed by atoms with Crippen molar-refractivity contribution in [3.05, 3.63) is 21.9 Å². The molecule has 0 spiro atoms. The largest absolute Gasteiger partial charge is 0.480 e. The fraction of sp³-hybridized carbons (Fsp3) is 0.556. The van der Waals surface area contributed by atoms with Gasteiger partial charge in [0.05, 0.1) is 15.1 Å². The minimum Gasteiger partial charge on any atom is -0.480 e. The monoisotopic (exact) mass is 459 g/mol. The van der Waals surface area contributed by atoms with Gasteiger partial charge in [0.2, 0.25) is 10.0 Å². The summed E-state index contributed by atoms with van der Waals surface area (Å²) in [4.78, 5) is 25.3. The maximum Gasteiger partial charge on any atom is 0.323 e. The minimum absolute atomic E-state index is 0.325. The second-order valence-electron chi connectivity index (χ2n) is 7.29. The molecule has 11 heteroatoms. The van der Waals surface area contributed by atoms with Crippen LogP contribution in [0.5, 0.6) is 0 Å². The first-order valence-electron chi connectivity index (χ1n) is 9.42. The molecule has 0 aliphatic carbocycles. The summed E-state index contributed by atoms with van der Waals surface area (Å²) in [5.74, 6) is -0.974. The van der Waals surface area contributed by atoms with E-state index < -0.39 is 27.9 Å². The SMILES string of the molecule is CS(=O)(=O)N[C@@H](CNC(=O)c1cc2cc(CCC3CCNCC3)sc2s1)C(=O)O. The lowest BCUT2D eigenvalue weighted by atomic mass is 9.93. The Morgan fingerprint density at radius 1 is 1.28 bits per heavy atom. The van der Waals surface area contributed by atoms with Crippen LogP contribution in [-0.4, -0.2) is 57.3 Å². The summed E-state index contributed by atoms with van der Waals surface area (Å²) in [7, 11) is -3.69. The molecule has 2 aromatic rings. The van der Waals surface area contributed by atoms with Crippen LogP contribution >= 0.6 is 22.7 Å². The van der Waals surface area contributed by atoms with Gasteiger partial charge in [-0.25, -0.2) is 8.42 Å². The van der Waals surface area contributed by atoms with Crippen LogP contribution in [0.25, 0.3) is 9.40 Å². The smallest absolute Gasteiger partial charge is 0.323 e. The zero-order valence-corrected chi connectivity index (χ0v) is 18.5. The highest BCUT2D eigenvalue weighted by Gasteiger charge is 2.23. The number of carbonyl (C=O) groups is 2. The summed E-state index contributed by atoms with van der Waals surface area (Å²) in [6.07, 6.45) is 5.58. The predicted molar refractivity (Wildman–Crippen MR) is 115 cm³/mol. The third-order valence-electron chi connectivity index (χ3n) is 4.87. The third kappa shape index (κ3) is 6.48. The fourth-order valence-corrected chi connectivity index (χ4v) is 6.49. The van der Waals surface area contributed by atoms with E-state index in [4.69, 9.17) is 5.11 Å². The molecule has 1 atom stereocenters. The van der Waals surface area contributed by atoms with Crippen LogP contribution < -0.4 is 15.4 Å². The highest BCUT2D eigenvalue weighted by atomic mass is 32.2. The summed E-state index contributed by atoms with van der Waals surface area (Å²) >= 11 is 3.07. The van der Waals surface area contributed by atoms with E-state index >= 15 is 0 Å². The number of rotatable bonds is 9. The van der Waals surface area contributed by atoms with Crippen LogP contribution in [0.3, 0.4) is 0 Å². The normalized spacial score (nSPS) is 16.7. The second-order valence-corrected chi connectivity index (χ2v) is 11.5. The highest BCUT2D eigenvalue weighted by Crippen LogP contribution is 2.34. The van der Waals surface area contributed by atoms with Gasteiger partial charge in [0, 0.05) is 16.8 Å². The second kappa shape index (κ2) is 9.52. The van der Waals surface area contributed by atoms with Gasteiger partial charge in [-0.05, 0) is 56.8 Å². The number of carbonyl (C=O) groups excluding carboxylic acids is 1. The summed E-state index contributed by atoms with van der Waals surface area (Å²) in [5, 5.41) is 16.0.